The molecule has 0 amide bonds. The fourth-order valence-corrected chi connectivity index (χ4v) is 3.77. The van der Waals surface area contributed by atoms with Crippen LogP contribution in [0.15, 0.2) is 16.8 Å². The predicted octanol–water partition coefficient (Wildman–Crippen LogP) is 4.23. The van der Waals surface area contributed by atoms with Gasteiger partial charge in [0.1, 0.15) is 10.6 Å². The van der Waals surface area contributed by atoms with Crippen molar-refractivity contribution in [3.63, 3.8) is 0 Å². The lowest BCUT2D eigenvalue weighted by atomic mass is 10.0. The second-order valence-corrected chi connectivity index (χ2v) is 6.33. The number of ether oxygens (including phenoxy) is 1. The van der Waals surface area contributed by atoms with Crippen LogP contribution < -0.4 is 0 Å². The molecule has 1 unspecified atom stereocenters. The summed E-state index contributed by atoms with van der Waals surface area (Å²) in [6.45, 7) is 6.73. The van der Waals surface area contributed by atoms with Gasteiger partial charge in [0, 0.05) is 17.4 Å². The third-order valence-corrected chi connectivity index (χ3v) is 5.23. The standard InChI is InChI=1S/C14H17NO3S2/c1-4-14(3,18-5-2)13-15-10(8-20-13)11-6-9(7-19-11)12(16)17/h6-8H,4-5H2,1-3H3,(H,16,17). The lowest BCUT2D eigenvalue weighted by Crippen LogP contribution is -2.24. The number of aromatic nitrogens is 1. The summed E-state index contributed by atoms with van der Waals surface area (Å²) >= 11 is 2.96. The molecule has 1 N–H and O–H groups in total. The quantitative estimate of drug-likeness (QED) is 0.867. The maximum Gasteiger partial charge on any atom is 0.336 e. The Labute approximate surface area is 126 Å². The monoisotopic (exact) mass is 311 g/mol. The first-order valence-electron chi connectivity index (χ1n) is 6.42. The van der Waals surface area contributed by atoms with Gasteiger partial charge >= 0.3 is 5.97 Å². The number of carboxylic acid groups (broad SMARTS) is 1. The molecule has 2 rings (SSSR count). The van der Waals surface area contributed by atoms with Crippen LogP contribution in [-0.4, -0.2) is 22.7 Å². The van der Waals surface area contributed by atoms with E-state index in [0.717, 1.165) is 22.0 Å². The Morgan fingerprint density at radius 2 is 2.15 bits per heavy atom. The van der Waals surface area contributed by atoms with E-state index in [-0.39, 0.29) is 5.60 Å². The summed E-state index contributed by atoms with van der Waals surface area (Å²) in [5, 5.41) is 13.5. The van der Waals surface area contributed by atoms with Gasteiger partial charge in [-0.15, -0.1) is 22.7 Å². The van der Waals surface area contributed by atoms with Gasteiger partial charge in [0.05, 0.1) is 16.1 Å². The highest BCUT2D eigenvalue weighted by atomic mass is 32.1. The average molecular weight is 311 g/mol. The molecule has 2 heterocycles. The zero-order valence-corrected chi connectivity index (χ0v) is 13.3. The van der Waals surface area contributed by atoms with Gasteiger partial charge in [-0.1, -0.05) is 6.92 Å². The largest absolute Gasteiger partial charge is 0.478 e. The van der Waals surface area contributed by atoms with Gasteiger partial charge in [-0.3, -0.25) is 0 Å². The van der Waals surface area contributed by atoms with Gasteiger partial charge in [-0.05, 0) is 26.3 Å². The molecule has 0 bridgehead atoms. The van der Waals surface area contributed by atoms with Crippen molar-refractivity contribution in [3.05, 3.63) is 27.4 Å². The molecule has 108 valence electrons. The third-order valence-electron chi connectivity index (χ3n) is 3.19. The van der Waals surface area contributed by atoms with Crippen LogP contribution in [-0.2, 0) is 10.3 Å². The fourth-order valence-electron chi connectivity index (χ4n) is 1.85. The van der Waals surface area contributed by atoms with E-state index in [1.165, 1.54) is 11.3 Å². The SMILES string of the molecule is CCOC(C)(CC)c1nc(-c2cc(C(=O)O)cs2)cs1. The Hall–Kier alpha value is -1.24. The van der Waals surface area contributed by atoms with Crippen molar-refractivity contribution >= 4 is 28.6 Å². The summed E-state index contributed by atoms with van der Waals surface area (Å²) in [6, 6.07) is 1.66. The molecule has 1 atom stereocenters. The maximum absolute atomic E-state index is 10.9. The van der Waals surface area contributed by atoms with Crippen LogP contribution in [0.3, 0.4) is 0 Å². The van der Waals surface area contributed by atoms with Gasteiger partial charge in [0.2, 0.25) is 0 Å². The predicted molar refractivity (Wildman–Crippen MR) is 81.7 cm³/mol. The van der Waals surface area contributed by atoms with Crippen LogP contribution >= 0.6 is 22.7 Å². The van der Waals surface area contributed by atoms with Crippen molar-refractivity contribution in [3.8, 4) is 10.6 Å². The van der Waals surface area contributed by atoms with E-state index >= 15 is 0 Å². The molecule has 0 radical (unpaired) electrons. The summed E-state index contributed by atoms with van der Waals surface area (Å²) in [5.74, 6) is -0.907. The molecule has 0 saturated carbocycles. The van der Waals surface area contributed by atoms with Crippen LogP contribution in [0.25, 0.3) is 10.6 Å². The Morgan fingerprint density at radius 3 is 2.70 bits per heavy atom. The van der Waals surface area contributed by atoms with Crippen molar-refractivity contribution in [2.24, 2.45) is 0 Å². The number of carbonyl (C=O) groups is 1. The van der Waals surface area contributed by atoms with Gasteiger partial charge in [-0.2, -0.15) is 0 Å². The second kappa shape index (κ2) is 6.03. The molecule has 0 aliphatic heterocycles. The minimum absolute atomic E-state index is 0.308. The van der Waals surface area contributed by atoms with E-state index in [9.17, 15) is 4.79 Å². The normalized spacial score (nSPS) is 14.2. The molecule has 0 aliphatic rings. The molecular weight excluding hydrogens is 294 g/mol. The number of thiophene rings is 1. The van der Waals surface area contributed by atoms with Crippen molar-refractivity contribution in [2.75, 3.05) is 6.61 Å². The summed E-state index contributed by atoms with van der Waals surface area (Å²) in [4.78, 5) is 16.4. The van der Waals surface area contributed by atoms with Crippen LogP contribution in [0.4, 0.5) is 0 Å². The van der Waals surface area contributed by atoms with Gasteiger partial charge in [-0.25, -0.2) is 9.78 Å². The minimum atomic E-state index is -0.907. The van der Waals surface area contributed by atoms with E-state index < -0.39 is 5.97 Å². The minimum Gasteiger partial charge on any atom is -0.478 e. The highest BCUT2D eigenvalue weighted by Crippen LogP contribution is 2.35. The number of thiazole rings is 1. The number of rotatable bonds is 6. The molecule has 20 heavy (non-hydrogen) atoms. The van der Waals surface area contributed by atoms with E-state index in [0.29, 0.717) is 12.2 Å². The molecule has 0 aliphatic carbocycles. The van der Waals surface area contributed by atoms with Crippen molar-refractivity contribution < 1.29 is 14.6 Å². The topological polar surface area (TPSA) is 59.4 Å². The van der Waals surface area contributed by atoms with Crippen molar-refractivity contribution in [2.45, 2.75) is 32.8 Å². The third kappa shape index (κ3) is 2.92. The first kappa shape index (κ1) is 15.2. The van der Waals surface area contributed by atoms with Gasteiger partial charge in [0.25, 0.3) is 0 Å². The maximum atomic E-state index is 10.9. The molecule has 0 fully saturated rings. The second-order valence-electron chi connectivity index (χ2n) is 4.56. The fraction of sp³-hybridized carbons (Fsp3) is 0.429. The highest BCUT2D eigenvalue weighted by Gasteiger charge is 2.28. The van der Waals surface area contributed by atoms with Crippen molar-refractivity contribution in [1.82, 2.24) is 4.98 Å². The number of hydrogen-bond acceptors (Lipinski definition) is 5. The lowest BCUT2D eigenvalue weighted by Gasteiger charge is -2.25. The molecule has 0 aromatic carbocycles. The van der Waals surface area contributed by atoms with Crippen molar-refractivity contribution in [1.29, 1.82) is 0 Å². The first-order chi connectivity index (χ1) is 9.50. The zero-order valence-electron chi connectivity index (χ0n) is 11.7. The lowest BCUT2D eigenvalue weighted by molar-refractivity contribution is -0.0324. The van der Waals surface area contributed by atoms with E-state index in [1.807, 2.05) is 19.2 Å². The van der Waals surface area contributed by atoms with Crippen LogP contribution in [0.5, 0.6) is 0 Å². The smallest absolute Gasteiger partial charge is 0.336 e. The highest BCUT2D eigenvalue weighted by molar-refractivity contribution is 7.14. The van der Waals surface area contributed by atoms with Gasteiger partial charge < -0.3 is 9.84 Å². The average Bonchev–Trinajstić information content (AvgIpc) is 3.07. The summed E-state index contributed by atoms with van der Waals surface area (Å²) < 4.78 is 5.81. The number of nitrogens with zero attached hydrogens (tertiary/aromatic N) is 1. The summed E-state index contributed by atoms with van der Waals surface area (Å²) in [5.41, 5.74) is 0.759. The van der Waals surface area contributed by atoms with E-state index in [2.05, 4.69) is 11.9 Å². The Balaban J connectivity index is 2.30. The van der Waals surface area contributed by atoms with Crippen LogP contribution in [0.1, 0.15) is 42.6 Å². The van der Waals surface area contributed by atoms with Crippen LogP contribution in [0.2, 0.25) is 0 Å². The Bertz CT molecular complexity index is 605. The van der Waals surface area contributed by atoms with E-state index in [4.69, 9.17) is 9.84 Å². The van der Waals surface area contributed by atoms with Gasteiger partial charge in [0.15, 0.2) is 0 Å². The Morgan fingerprint density at radius 1 is 1.40 bits per heavy atom. The molecule has 6 heteroatoms. The number of aromatic carboxylic acids is 1. The summed E-state index contributed by atoms with van der Waals surface area (Å²) in [7, 11) is 0. The molecule has 0 spiro atoms. The summed E-state index contributed by atoms with van der Waals surface area (Å²) in [6.07, 6.45) is 0.846. The molecule has 4 nitrogen and oxygen atoms in total. The first-order valence-corrected chi connectivity index (χ1v) is 8.18. The Kier molecular flexibility index (Phi) is 4.57. The van der Waals surface area contributed by atoms with Crippen LogP contribution in [0, 0.1) is 0 Å². The molecule has 0 saturated heterocycles. The molecule has 2 aromatic rings. The zero-order chi connectivity index (χ0) is 14.8. The molecular formula is C14H17NO3S2. The number of hydrogen-bond donors (Lipinski definition) is 1. The molecule has 2 aromatic heterocycles. The van der Waals surface area contributed by atoms with E-state index in [1.54, 1.807) is 22.8 Å². The number of carboxylic acids is 1.